The molecule has 0 saturated heterocycles. The molecule has 8 heteroatoms. The molecule has 0 spiro atoms. The van der Waals surface area contributed by atoms with Crippen molar-refractivity contribution in [2.75, 3.05) is 11.9 Å². The van der Waals surface area contributed by atoms with Crippen LogP contribution < -0.4 is 10.6 Å². The molecule has 1 aromatic heterocycles. The number of nitrogens with one attached hydrogen (secondary N) is 2. The first kappa shape index (κ1) is 17.6. The van der Waals surface area contributed by atoms with E-state index in [1.54, 1.807) is 0 Å². The molecular formula is C19H24N6O2. The molecular weight excluding hydrogens is 344 g/mol. The van der Waals surface area contributed by atoms with Crippen LogP contribution in [0.25, 0.3) is 11.4 Å². The summed E-state index contributed by atoms with van der Waals surface area (Å²) in [5.74, 6) is 0.510. The number of benzene rings is 1. The molecule has 2 aliphatic rings. The number of carbonyl (C=O) groups excluding carboxylic acids is 2. The maximum absolute atomic E-state index is 12.2. The highest BCUT2D eigenvalue weighted by Gasteiger charge is 2.28. The molecule has 0 radical (unpaired) electrons. The van der Waals surface area contributed by atoms with E-state index in [1.165, 1.54) is 6.42 Å². The smallest absolute Gasteiger partial charge is 0.243 e. The highest BCUT2D eigenvalue weighted by Crippen LogP contribution is 2.36. The van der Waals surface area contributed by atoms with Crippen molar-refractivity contribution in [2.45, 2.75) is 51.0 Å². The average molecular weight is 368 g/mol. The van der Waals surface area contributed by atoms with Crippen molar-refractivity contribution >= 4 is 17.5 Å². The molecule has 27 heavy (non-hydrogen) atoms. The highest BCUT2D eigenvalue weighted by molar-refractivity contribution is 5.95. The minimum Gasteiger partial charge on any atom is -0.347 e. The molecule has 1 heterocycles. The van der Waals surface area contributed by atoms with Crippen LogP contribution in [0.5, 0.6) is 0 Å². The van der Waals surface area contributed by atoms with Crippen LogP contribution in [-0.4, -0.2) is 38.6 Å². The summed E-state index contributed by atoms with van der Waals surface area (Å²) >= 11 is 0. The zero-order valence-corrected chi connectivity index (χ0v) is 15.2. The van der Waals surface area contributed by atoms with E-state index in [-0.39, 0.29) is 24.3 Å². The zero-order valence-electron chi connectivity index (χ0n) is 15.2. The van der Waals surface area contributed by atoms with E-state index in [4.69, 9.17) is 0 Å². The molecule has 2 saturated carbocycles. The number of amides is 2. The Morgan fingerprint density at radius 2 is 1.93 bits per heavy atom. The first-order chi connectivity index (χ1) is 13.2. The standard InChI is InChI=1S/C19H24N6O2/c26-17(12-20-19(27)13-5-2-1-3-6-13)21-15-8-4-7-14(11-15)18-22-23-24-25(18)16-9-10-16/h4,7-8,11,13,16H,1-3,5-6,9-10,12H2,(H,20,27)(H,21,26). The third-order valence-corrected chi connectivity index (χ3v) is 5.19. The molecule has 0 unspecified atom stereocenters. The van der Waals surface area contributed by atoms with E-state index >= 15 is 0 Å². The summed E-state index contributed by atoms with van der Waals surface area (Å²) in [4.78, 5) is 24.4. The van der Waals surface area contributed by atoms with Gasteiger partial charge in [-0.25, -0.2) is 4.68 Å². The lowest BCUT2D eigenvalue weighted by molar-refractivity contribution is -0.128. The number of carbonyl (C=O) groups is 2. The summed E-state index contributed by atoms with van der Waals surface area (Å²) in [7, 11) is 0. The predicted molar refractivity (Wildman–Crippen MR) is 99.7 cm³/mol. The Hall–Kier alpha value is -2.77. The fourth-order valence-electron chi connectivity index (χ4n) is 3.57. The minimum atomic E-state index is -0.238. The summed E-state index contributed by atoms with van der Waals surface area (Å²) in [6, 6.07) is 7.83. The predicted octanol–water partition coefficient (Wildman–Crippen LogP) is 2.31. The molecule has 4 rings (SSSR count). The van der Waals surface area contributed by atoms with Gasteiger partial charge < -0.3 is 10.6 Å². The van der Waals surface area contributed by atoms with Crippen LogP contribution in [-0.2, 0) is 9.59 Å². The number of nitrogens with zero attached hydrogens (tertiary/aromatic N) is 4. The molecule has 2 N–H and O–H groups in total. The first-order valence-electron chi connectivity index (χ1n) is 9.66. The van der Waals surface area contributed by atoms with Crippen LogP contribution in [0.2, 0.25) is 0 Å². The summed E-state index contributed by atoms with van der Waals surface area (Å²) in [5.41, 5.74) is 1.52. The summed E-state index contributed by atoms with van der Waals surface area (Å²) in [6.45, 7) is -0.0145. The number of hydrogen-bond donors (Lipinski definition) is 2. The Kier molecular flexibility index (Phi) is 5.13. The highest BCUT2D eigenvalue weighted by atomic mass is 16.2. The normalized spacial score (nSPS) is 17.5. The maximum atomic E-state index is 12.2. The minimum absolute atomic E-state index is 0.0118. The van der Waals surface area contributed by atoms with E-state index in [2.05, 4.69) is 26.2 Å². The van der Waals surface area contributed by atoms with Crippen molar-refractivity contribution in [1.29, 1.82) is 0 Å². The van der Waals surface area contributed by atoms with Gasteiger partial charge >= 0.3 is 0 Å². The largest absolute Gasteiger partial charge is 0.347 e. The van der Waals surface area contributed by atoms with Crippen molar-refractivity contribution in [1.82, 2.24) is 25.5 Å². The number of anilines is 1. The van der Waals surface area contributed by atoms with Crippen LogP contribution in [0, 0.1) is 5.92 Å². The monoisotopic (exact) mass is 368 g/mol. The van der Waals surface area contributed by atoms with Crippen molar-refractivity contribution in [2.24, 2.45) is 5.92 Å². The number of rotatable bonds is 6. The maximum Gasteiger partial charge on any atom is 0.243 e. The molecule has 2 fully saturated rings. The second kappa shape index (κ2) is 7.85. The molecule has 0 aliphatic heterocycles. The summed E-state index contributed by atoms with van der Waals surface area (Å²) < 4.78 is 1.84. The molecule has 2 aliphatic carbocycles. The van der Waals surface area contributed by atoms with Gasteiger partial charge in [-0.3, -0.25) is 9.59 Å². The van der Waals surface area contributed by atoms with E-state index in [9.17, 15) is 9.59 Å². The van der Waals surface area contributed by atoms with Crippen LogP contribution in [0.15, 0.2) is 24.3 Å². The van der Waals surface area contributed by atoms with Gasteiger partial charge in [-0.2, -0.15) is 0 Å². The van der Waals surface area contributed by atoms with Crippen LogP contribution in [0.4, 0.5) is 5.69 Å². The lowest BCUT2D eigenvalue weighted by Crippen LogP contribution is -2.37. The summed E-state index contributed by atoms with van der Waals surface area (Å²) in [6.07, 6.45) is 7.42. The van der Waals surface area contributed by atoms with Gasteiger partial charge in [0.05, 0.1) is 12.6 Å². The SMILES string of the molecule is O=C(CNC(=O)C1CCCCC1)Nc1cccc(-c2nnnn2C2CC2)c1. The lowest BCUT2D eigenvalue weighted by Gasteiger charge is -2.20. The van der Waals surface area contributed by atoms with Gasteiger partial charge in [-0.05, 0) is 48.2 Å². The van der Waals surface area contributed by atoms with Crippen molar-refractivity contribution in [3.05, 3.63) is 24.3 Å². The zero-order chi connectivity index (χ0) is 18.6. The topological polar surface area (TPSA) is 102 Å². The van der Waals surface area contributed by atoms with Crippen molar-refractivity contribution in [3.63, 3.8) is 0 Å². The van der Waals surface area contributed by atoms with Gasteiger partial charge in [0.15, 0.2) is 5.82 Å². The number of tetrazole rings is 1. The molecule has 2 amide bonds. The van der Waals surface area contributed by atoms with E-state index in [0.29, 0.717) is 17.6 Å². The second-order valence-corrected chi connectivity index (χ2v) is 7.36. The van der Waals surface area contributed by atoms with Gasteiger partial charge in [-0.15, -0.1) is 5.10 Å². The summed E-state index contributed by atoms with van der Waals surface area (Å²) in [5, 5.41) is 17.5. The third kappa shape index (κ3) is 4.32. The van der Waals surface area contributed by atoms with Gasteiger partial charge in [0.2, 0.25) is 11.8 Å². The Morgan fingerprint density at radius 3 is 2.70 bits per heavy atom. The van der Waals surface area contributed by atoms with Crippen LogP contribution >= 0.6 is 0 Å². The Labute approximate surface area is 157 Å². The Morgan fingerprint density at radius 1 is 1.11 bits per heavy atom. The van der Waals surface area contributed by atoms with Gasteiger partial charge in [0, 0.05) is 17.2 Å². The molecule has 8 nitrogen and oxygen atoms in total. The van der Waals surface area contributed by atoms with Crippen molar-refractivity contribution in [3.8, 4) is 11.4 Å². The van der Waals surface area contributed by atoms with Gasteiger partial charge in [0.25, 0.3) is 0 Å². The quantitative estimate of drug-likeness (QED) is 0.815. The third-order valence-electron chi connectivity index (χ3n) is 5.19. The first-order valence-corrected chi connectivity index (χ1v) is 9.66. The Balaban J connectivity index is 1.34. The Bertz CT molecular complexity index is 823. The average Bonchev–Trinajstić information content (AvgIpc) is 3.43. The van der Waals surface area contributed by atoms with Gasteiger partial charge in [0.1, 0.15) is 0 Å². The van der Waals surface area contributed by atoms with E-state index in [1.807, 2.05) is 28.9 Å². The van der Waals surface area contributed by atoms with Gasteiger partial charge in [-0.1, -0.05) is 31.4 Å². The van der Waals surface area contributed by atoms with Crippen LogP contribution in [0.3, 0.4) is 0 Å². The van der Waals surface area contributed by atoms with Crippen LogP contribution in [0.1, 0.15) is 51.0 Å². The molecule has 2 aromatic rings. The van der Waals surface area contributed by atoms with E-state index in [0.717, 1.165) is 44.1 Å². The molecule has 0 atom stereocenters. The molecule has 0 bridgehead atoms. The van der Waals surface area contributed by atoms with E-state index < -0.39 is 0 Å². The lowest BCUT2D eigenvalue weighted by atomic mass is 9.89. The second-order valence-electron chi connectivity index (χ2n) is 7.36. The number of aromatic nitrogens is 4. The molecule has 142 valence electrons. The fraction of sp³-hybridized carbons (Fsp3) is 0.526. The molecule has 1 aromatic carbocycles. The van der Waals surface area contributed by atoms with Crippen molar-refractivity contribution < 1.29 is 9.59 Å². The fourth-order valence-corrected chi connectivity index (χ4v) is 3.57. The number of hydrogen-bond acceptors (Lipinski definition) is 5.